The van der Waals surface area contributed by atoms with Crippen LogP contribution in [0.4, 0.5) is 5.69 Å². The number of nitrogens with zero attached hydrogens (tertiary/aromatic N) is 1. The molecule has 1 aromatic carbocycles. The maximum absolute atomic E-state index is 11.7. The van der Waals surface area contributed by atoms with Gasteiger partial charge in [-0.2, -0.15) is 0 Å². The lowest BCUT2D eigenvalue weighted by atomic mass is 9.94. The number of carbonyl (C=O) groups excluding carboxylic acids is 1. The van der Waals surface area contributed by atoms with E-state index in [9.17, 15) is 4.79 Å². The first-order chi connectivity index (χ1) is 12.1. The lowest BCUT2D eigenvalue weighted by Gasteiger charge is -2.25. The zero-order valence-corrected chi connectivity index (χ0v) is 14.6. The number of aromatic nitrogens is 1. The Morgan fingerprint density at radius 1 is 1.24 bits per heavy atom. The van der Waals surface area contributed by atoms with Gasteiger partial charge in [0.2, 0.25) is 0 Å². The third kappa shape index (κ3) is 2.88. The van der Waals surface area contributed by atoms with E-state index < -0.39 is 5.91 Å². The van der Waals surface area contributed by atoms with Gasteiger partial charge in [-0.3, -0.25) is 4.79 Å². The molecule has 5 nitrogen and oxygen atoms in total. The number of nitrogen functional groups attached to an aromatic ring is 1. The number of amides is 1. The van der Waals surface area contributed by atoms with Gasteiger partial charge in [0.1, 0.15) is 9.71 Å². The molecule has 128 valence electrons. The molecule has 1 amide bonds. The number of nitrogens with one attached hydrogen (secondary N) is 1. The lowest BCUT2D eigenvalue weighted by Crippen LogP contribution is -2.27. The van der Waals surface area contributed by atoms with Crippen LogP contribution < -0.4 is 16.8 Å². The van der Waals surface area contributed by atoms with Gasteiger partial charge in [-0.05, 0) is 31.0 Å². The number of fused-ring (bicyclic) bond motifs is 1. The Morgan fingerprint density at radius 2 is 2.04 bits per heavy atom. The van der Waals surface area contributed by atoms with Gasteiger partial charge in [0.15, 0.2) is 0 Å². The normalized spacial score (nSPS) is 17.7. The van der Waals surface area contributed by atoms with Crippen molar-refractivity contribution in [3.63, 3.8) is 0 Å². The van der Waals surface area contributed by atoms with Crippen LogP contribution in [0.25, 0.3) is 21.5 Å². The van der Waals surface area contributed by atoms with Gasteiger partial charge in [0.05, 0.1) is 11.4 Å². The van der Waals surface area contributed by atoms with E-state index >= 15 is 0 Å². The molecule has 5 N–H and O–H groups in total. The average Bonchev–Trinajstić information content (AvgIpc) is 2.99. The summed E-state index contributed by atoms with van der Waals surface area (Å²) >= 11 is 1.28. The third-order valence-electron chi connectivity index (χ3n) is 4.71. The van der Waals surface area contributed by atoms with Gasteiger partial charge in [0, 0.05) is 17.0 Å². The number of rotatable bonds is 3. The van der Waals surface area contributed by atoms with Crippen molar-refractivity contribution in [2.45, 2.75) is 25.3 Å². The van der Waals surface area contributed by atoms with E-state index in [1.165, 1.54) is 24.2 Å². The maximum Gasteiger partial charge on any atom is 0.260 e. The van der Waals surface area contributed by atoms with Crippen molar-refractivity contribution < 1.29 is 4.79 Å². The van der Waals surface area contributed by atoms with Crippen LogP contribution in [0.2, 0.25) is 0 Å². The number of hydrogen-bond donors (Lipinski definition) is 3. The quantitative estimate of drug-likeness (QED) is 0.673. The first kappa shape index (κ1) is 16.1. The highest BCUT2D eigenvalue weighted by Crippen LogP contribution is 2.40. The zero-order valence-electron chi connectivity index (χ0n) is 13.8. The standard InChI is InChI=1S/C19H20N4OS/c20-16-15-12(13-8-4-5-9-22-13)10-14(11-6-2-1-3-7-11)23-19(15)25-17(16)18(21)24/h1-3,6-7,10,13,22H,4-5,8-9,20H2,(H2,21,24). The topological polar surface area (TPSA) is 94.0 Å². The highest BCUT2D eigenvalue weighted by Gasteiger charge is 2.24. The van der Waals surface area contributed by atoms with E-state index in [-0.39, 0.29) is 6.04 Å². The number of piperidine rings is 1. The monoisotopic (exact) mass is 352 g/mol. The minimum atomic E-state index is -0.496. The number of primary amides is 1. The van der Waals surface area contributed by atoms with Crippen LogP contribution in [-0.2, 0) is 0 Å². The number of thiophene rings is 1. The number of benzene rings is 1. The van der Waals surface area contributed by atoms with Crippen LogP contribution in [0.5, 0.6) is 0 Å². The van der Waals surface area contributed by atoms with Crippen LogP contribution in [-0.4, -0.2) is 17.4 Å². The predicted molar refractivity (Wildman–Crippen MR) is 103 cm³/mol. The van der Waals surface area contributed by atoms with E-state index in [2.05, 4.69) is 11.4 Å². The second kappa shape index (κ2) is 6.46. The summed E-state index contributed by atoms with van der Waals surface area (Å²) in [6.45, 7) is 0.988. The number of pyridine rings is 1. The van der Waals surface area contributed by atoms with Gasteiger partial charge in [0.25, 0.3) is 5.91 Å². The molecule has 0 aliphatic carbocycles. The smallest absolute Gasteiger partial charge is 0.260 e. The van der Waals surface area contributed by atoms with Crippen LogP contribution >= 0.6 is 11.3 Å². The summed E-state index contributed by atoms with van der Waals surface area (Å²) in [5.41, 5.74) is 15.3. The number of anilines is 1. The summed E-state index contributed by atoms with van der Waals surface area (Å²) in [4.78, 5) is 17.7. The van der Waals surface area contributed by atoms with Gasteiger partial charge >= 0.3 is 0 Å². The Morgan fingerprint density at radius 3 is 2.72 bits per heavy atom. The SMILES string of the molecule is NC(=O)c1sc2nc(-c3ccccc3)cc(C3CCCCN3)c2c1N. The Hall–Kier alpha value is -2.44. The van der Waals surface area contributed by atoms with E-state index in [0.29, 0.717) is 10.6 Å². The molecule has 3 aromatic rings. The van der Waals surface area contributed by atoms with Crippen molar-refractivity contribution in [3.8, 4) is 11.3 Å². The summed E-state index contributed by atoms with van der Waals surface area (Å²) < 4.78 is 0. The summed E-state index contributed by atoms with van der Waals surface area (Å²) in [5, 5.41) is 4.45. The molecule has 1 fully saturated rings. The van der Waals surface area contributed by atoms with Gasteiger partial charge in [-0.15, -0.1) is 11.3 Å². The van der Waals surface area contributed by atoms with Crippen LogP contribution in [0.15, 0.2) is 36.4 Å². The van der Waals surface area contributed by atoms with Crippen LogP contribution in [0.3, 0.4) is 0 Å². The predicted octanol–water partition coefficient (Wildman–Crippen LogP) is 3.46. The van der Waals surface area contributed by atoms with Crippen molar-refractivity contribution in [2.75, 3.05) is 12.3 Å². The second-order valence-electron chi connectivity index (χ2n) is 6.35. The molecule has 0 saturated carbocycles. The molecule has 0 spiro atoms. The Bertz CT molecular complexity index is 929. The summed E-state index contributed by atoms with van der Waals surface area (Å²) in [5.74, 6) is -0.496. The van der Waals surface area contributed by atoms with Gasteiger partial charge in [-0.1, -0.05) is 36.8 Å². The molecule has 2 aromatic heterocycles. The Kier molecular flexibility index (Phi) is 4.15. The fourth-order valence-corrected chi connectivity index (χ4v) is 4.46. The lowest BCUT2D eigenvalue weighted by molar-refractivity contribution is 0.100. The number of nitrogens with two attached hydrogens (primary N) is 2. The highest BCUT2D eigenvalue weighted by molar-refractivity contribution is 7.21. The van der Waals surface area contributed by atoms with E-state index in [1.807, 2.05) is 30.3 Å². The van der Waals surface area contributed by atoms with E-state index in [0.717, 1.165) is 40.0 Å². The van der Waals surface area contributed by atoms with Crippen molar-refractivity contribution in [1.29, 1.82) is 0 Å². The first-order valence-corrected chi connectivity index (χ1v) is 9.28. The van der Waals surface area contributed by atoms with Gasteiger partial charge < -0.3 is 16.8 Å². The maximum atomic E-state index is 11.7. The molecule has 3 heterocycles. The van der Waals surface area contributed by atoms with Crippen LogP contribution in [0.1, 0.15) is 40.5 Å². The van der Waals surface area contributed by atoms with E-state index in [1.54, 1.807) is 0 Å². The molecule has 4 rings (SSSR count). The van der Waals surface area contributed by atoms with Crippen molar-refractivity contribution >= 4 is 33.1 Å². The second-order valence-corrected chi connectivity index (χ2v) is 7.35. The fraction of sp³-hybridized carbons (Fsp3) is 0.263. The van der Waals surface area contributed by atoms with Crippen molar-refractivity contribution in [1.82, 2.24) is 10.3 Å². The minimum absolute atomic E-state index is 0.222. The molecule has 0 bridgehead atoms. The van der Waals surface area contributed by atoms with E-state index in [4.69, 9.17) is 16.5 Å². The molecule has 0 radical (unpaired) electrons. The summed E-state index contributed by atoms with van der Waals surface area (Å²) in [6.07, 6.45) is 3.41. The summed E-state index contributed by atoms with van der Waals surface area (Å²) in [6, 6.07) is 12.4. The molecular formula is C19H20N4OS. The average molecular weight is 352 g/mol. The number of hydrogen-bond acceptors (Lipinski definition) is 5. The molecule has 25 heavy (non-hydrogen) atoms. The van der Waals surface area contributed by atoms with Gasteiger partial charge in [-0.25, -0.2) is 4.98 Å². The fourth-order valence-electron chi connectivity index (χ4n) is 3.48. The molecule has 1 unspecified atom stereocenters. The summed E-state index contributed by atoms with van der Waals surface area (Å²) in [7, 11) is 0. The van der Waals surface area contributed by atoms with Crippen LogP contribution in [0, 0.1) is 0 Å². The first-order valence-electron chi connectivity index (χ1n) is 8.46. The van der Waals surface area contributed by atoms with Crippen molar-refractivity contribution in [3.05, 3.63) is 46.8 Å². The molecule has 1 aliphatic rings. The largest absolute Gasteiger partial charge is 0.397 e. The highest BCUT2D eigenvalue weighted by atomic mass is 32.1. The molecule has 1 aliphatic heterocycles. The molecular weight excluding hydrogens is 332 g/mol. The number of carbonyl (C=O) groups is 1. The zero-order chi connectivity index (χ0) is 17.4. The third-order valence-corrected chi connectivity index (χ3v) is 5.82. The Balaban J connectivity index is 1.96. The molecule has 1 atom stereocenters. The Labute approximate surface area is 150 Å². The minimum Gasteiger partial charge on any atom is -0.397 e. The molecule has 6 heteroatoms. The van der Waals surface area contributed by atoms with Crippen molar-refractivity contribution in [2.24, 2.45) is 5.73 Å². The molecule has 1 saturated heterocycles.